The van der Waals surface area contributed by atoms with E-state index < -0.39 is 23.7 Å². The maximum atomic E-state index is 12.7. The number of carbonyl (C=O) groups excluding carboxylic acids is 4. The first-order valence-corrected chi connectivity index (χ1v) is 12.7. The fourth-order valence-corrected chi connectivity index (χ4v) is 3.95. The number of halogens is 1. The fourth-order valence-electron chi connectivity index (χ4n) is 3.09. The number of esters is 1. The predicted octanol–water partition coefficient (Wildman–Crippen LogP) is 5.07. The second-order valence-corrected chi connectivity index (χ2v) is 9.46. The SMILES string of the molecule is O=C(N/N=C/c1ccc(OC(=O)c2cccs2)cc1)C(=O)Nc1ccccc1C(=O)Nc1ccc(Br)cc1. The Morgan fingerprint density at radius 2 is 1.55 bits per heavy atom. The highest BCUT2D eigenvalue weighted by Crippen LogP contribution is 2.19. The Hall–Kier alpha value is -4.61. The van der Waals surface area contributed by atoms with Crippen LogP contribution in [0, 0.1) is 0 Å². The zero-order chi connectivity index (χ0) is 26.9. The highest BCUT2D eigenvalue weighted by Gasteiger charge is 2.18. The number of hydrogen-bond donors (Lipinski definition) is 3. The largest absolute Gasteiger partial charge is 0.422 e. The van der Waals surface area contributed by atoms with Gasteiger partial charge in [-0.05, 0) is 77.7 Å². The number of para-hydroxylation sites is 1. The van der Waals surface area contributed by atoms with Gasteiger partial charge < -0.3 is 15.4 Å². The minimum Gasteiger partial charge on any atom is -0.422 e. The number of carbonyl (C=O) groups is 4. The molecule has 0 bridgehead atoms. The molecule has 3 amide bonds. The maximum absolute atomic E-state index is 12.7. The molecule has 190 valence electrons. The van der Waals surface area contributed by atoms with Gasteiger partial charge in [0.1, 0.15) is 10.6 Å². The quantitative estimate of drug-likeness (QED) is 0.0910. The molecule has 0 saturated carbocycles. The van der Waals surface area contributed by atoms with E-state index in [1.807, 2.05) is 0 Å². The van der Waals surface area contributed by atoms with Crippen molar-refractivity contribution in [1.29, 1.82) is 0 Å². The van der Waals surface area contributed by atoms with Gasteiger partial charge >= 0.3 is 17.8 Å². The average molecular weight is 591 g/mol. The summed E-state index contributed by atoms with van der Waals surface area (Å²) in [5.74, 6) is -2.57. The van der Waals surface area contributed by atoms with Crippen molar-refractivity contribution in [3.63, 3.8) is 0 Å². The fraction of sp³-hybridized carbons (Fsp3) is 0. The van der Waals surface area contributed by atoms with E-state index in [9.17, 15) is 19.2 Å². The molecule has 4 rings (SSSR count). The molecule has 0 fully saturated rings. The van der Waals surface area contributed by atoms with Gasteiger partial charge in [-0.1, -0.05) is 34.1 Å². The van der Waals surface area contributed by atoms with Gasteiger partial charge in [0.15, 0.2) is 0 Å². The molecule has 9 nitrogen and oxygen atoms in total. The Kier molecular flexibility index (Phi) is 8.75. The zero-order valence-corrected chi connectivity index (χ0v) is 21.9. The molecule has 0 unspecified atom stereocenters. The average Bonchev–Trinajstić information content (AvgIpc) is 3.47. The lowest BCUT2D eigenvalue weighted by Crippen LogP contribution is -2.33. The number of nitrogens with zero attached hydrogens (tertiary/aromatic N) is 1. The van der Waals surface area contributed by atoms with Gasteiger partial charge in [-0.15, -0.1) is 11.3 Å². The van der Waals surface area contributed by atoms with Crippen LogP contribution in [0.1, 0.15) is 25.6 Å². The van der Waals surface area contributed by atoms with Crippen molar-refractivity contribution in [2.24, 2.45) is 5.10 Å². The summed E-state index contributed by atoms with van der Waals surface area (Å²) in [6.45, 7) is 0. The lowest BCUT2D eigenvalue weighted by Gasteiger charge is -2.11. The highest BCUT2D eigenvalue weighted by molar-refractivity contribution is 9.10. The van der Waals surface area contributed by atoms with Crippen LogP contribution in [-0.2, 0) is 9.59 Å². The van der Waals surface area contributed by atoms with Gasteiger partial charge in [0.2, 0.25) is 0 Å². The van der Waals surface area contributed by atoms with E-state index in [-0.39, 0.29) is 11.3 Å². The topological polar surface area (TPSA) is 126 Å². The normalized spacial score (nSPS) is 10.6. The van der Waals surface area contributed by atoms with Crippen molar-refractivity contribution < 1.29 is 23.9 Å². The van der Waals surface area contributed by atoms with Crippen LogP contribution in [0.15, 0.2) is 99.9 Å². The molecule has 1 aromatic heterocycles. The van der Waals surface area contributed by atoms with Gasteiger partial charge in [-0.2, -0.15) is 5.10 Å². The molecule has 0 atom stereocenters. The standard InChI is InChI=1S/C27H19BrN4O5S/c28-18-9-11-19(12-10-18)30-24(33)21-4-1-2-5-22(21)31-25(34)26(35)32-29-16-17-7-13-20(14-8-17)37-27(36)23-6-3-15-38-23/h1-16H,(H,30,33)(H,31,34)(H,32,35)/b29-16+. The minimum absolute atomic E-state index is 0.166. The van der Waals surface area contributed by atoms with Crippen LogP contribution in [-0.4, -0.2) is 29.9 Å². The van der Waals surface area contributed by atoms with E-state index in [4.69, 9.17) is 4.74 Å². The molecule has 3 aromatic carbocycles. The third-order valence-electron chi connectivity index (χ3n) is 4.92. The first-order chi connectivity index (χ1) is 18.4. The van der Waals surface area contributed by atoms with E-state index in [0.29, 0.717) is 21.9 Å². The number of amides is 3. The molecular formula is C27H19BrN4O5S. The third-order valence-corrected chi connectivity index (χ3v) is 6.30. The van der Waals surface area contributed by atoms with Crippen LogP contribution >= 0.6 is 27.3 Å². The van der Waals surface area contributed by atoms with Crippen LogP contribution in [0.25, 0.3) is 0 Å². The molecule has 11 heteroatoms. The molecule has 0 aliphatic rings. The number of anilines is 2. The molecule has 0 saturated heterocycles. The first kappa shape index (κ1) is 26.5. The number of benzene rings is 3. The highest BCUT2D eigenvalue weighted by atomic mass is 79.9. The van der Waals surface area contributed by atoms with Crippen LogP contribution in [0.4, 0.5) is 11.4 Å². The molecule has 1 heterocycles. The summed E-state index contributed by atoms with van der Waals surface area (Å²) in [4.78, 5) is 49.8. The molecular weight excluding hydrogens is 572 g/mol. The number of ether oxygens (including phenoxy) is 1. The number of hydrazone groups is 1. The molecule has 0 aliphatic carbocycles. The Labute approximate surface area is 229 Å². The van der Waals surface area contributed by atoms with Gasteiger partial charge in [0.05, 0.1) is 17.5 Å². The van der Waals surface area contributed by atoms with Crippen LogP contribution in [0.3, 0.4) is 0 Å². The van der Waals surface area contributed by atoms with Crippen LogP contribution in [0.5, 0.6) is 5.75 Å². The van der Waals surface area contributed by atoms with Crippen molar-refractivity contribution in [2.45, 2.75) is 0 Å². The summed E-state index contributed by atoms with van der Waals surface area (Å²) in [5, 5.41) is 10.7. The minimum atomic E-state index is -1.02. The monoisotopic (exact) mass is 590 g/mol. The summed E-state index contributed by atoms with van der Waals surface area (Å²) >= 11 is 4.62. The molecule has 4 aromatic rings. The van der Waals surface area contributed by atoms with E-state index in [2.05, 4.69) is 37.1 Å². The summed E-state index contributed by atoms with van der Waals surface area (Å²) in [7, 11) is 0. The van der Waals surface area contributed by atoms with E-state index in [1.54, 1.807) is 78.2 Å². The molecule has 38 heavy (non-hydrogen) atoms. The first-order valence-electron chi connectivity index (χ1n) is 11.0. The second-order valence-electron chi connectivity index (χ2n) is 7.60. The smallest absolute Gasteiger partial charge is 0.353 e. The Bertz CT molecular complexity index is 1490. The molecule has 0 radical (unpaired) electrons. The third kappa shape index (κ3) is 7.21. The van der Waals surface area contributed by atoms with Crippen molar-refractivity contribution in [3.05, 3.63) is 111 Å². The Morgan fingerprint density at radius 3 is 2.26 bits per heavy atom. The maximum Gasteiger partial charge on any atom is 0.353 e. The second kappa shape index (κ2) is 12.6. The molecule has 0 aliphatic heterocycles. The van der Waals surface area contributed by atoms with E-state index in [0.717, 1.165) is 4.47 Å². The molecule has 0 spiro atoms. The van der Waals surface area contributed by atoms with Crippen LogP contribution < -0.4 is 20.8 Å². The molecule has 3 N–H and O–H groups in total. The predicted molar refractivity (Wildman–Crippen MR) is 149 cm³/mol. The lowest BCUT2D eigenvalue weighted by atomic mass is 10.1. The zero-order valence-electron chi connectivity index (χ0n) is 19.5. The lowest BCUT2D eigenvalue weighted by molar-refractivity contribution is -0.136. The number of nitrogens with one attached hydrogen (secondary N) is 3. The number of rotatable bonds is 7. The summed E-state index contributed by atoms with van der Waals surface area (Å²) in [6, 6.07) is 23.2. The summed E-state index contributed by atoms with van der Waals surface area (Å²) < 4.78 is 6.15. The van der Waals surface area contributed by atoms with Crippen molar-refractivity contribution in [1.82, 2.24) is 5.43 Å². The van der Waals surface area contributed by atoms with Crippen molar-refractivity contribution in [2.75, 3.05) is 10.6 Å². The van der Waals surface area contributed by atoms with Crippen LogP contribution in [0.2, 0.25) is 0 Å². The van der Waals surface area contributed by atoms with E-state index >= 15 is 0 Å². The van der Waals surface area contributed by atoms with Gasteiger partial charge in [-0.25, -0.2) is 10.2 Å². The number of hydrogen-bond acceptors (Lipinski definition) is 7. The van der Waals surface area contributed by atoms with Crippen molar-refractivity contribution in [3.8, 4) is 5.75 Å². The summed E-state index contributed by atoms with van der Waals surface area (Å²) in [6.07, 6.45) is 1.33. The van der Waals surface area contributed by atoms with Gasteiger partial charge in [0.25, 0.3) is 5.91 Å². The van der Waals surface area contributed by atoms with Gasteiger partial charge in [-0.3, -0.25) is 14.4 Å². The Balaban J connectivity index is 1.31. The Morgan fingerprint density at radius 1 is 0.816 bits per heavy atom. The van der Waals surface area contributed by atoms with Gasteiger partial charge in [0, 0.05) is 10.2 Å². The number of thiophene rings is 1. The summed E-state index contributed by atoms with van der Waals surface area (Å²) in [5.41, 5.74) is 3.65. The van der Waals surface area contributed by atoms with E-state index in [1.165, 1.54) is 29.7 Å². The van der Waals surface area contributed by atoms with Crippen molar-refractivity contribution >= 4 is 68.5 Å².